The van der Waals surface area contributed by atoms with Gasteiger partial charge in [0.1, 0.15) is 11.9 Å². The third kappa shape index (κ3) is 2.90. The van der Waals surface area contributed by atoms with Crippen LogP contribution in [0.2, 0.25) is 0 Å². The molecule has 6 nitrogen and oxygen atoms in total. The van der Waals surface area contributed by atoms with Crippen molar-refractivity contribution in [1.82, 2.24) is 10.6 Å². The largest absolute Gasteiger partial charge is 0.374 e. The Balaban J connectivity index is 2.00. The zero-order valence-electron chi connectivity index (χ0n) is 12.7. The summed E-state index contributed by atoms with van der Waals surface area (Å²) >= 11 is 3.41. The second kappa shape index (κ2) is 6.45. The van der Waals surface area contributed by atoms with Crippen LogP contribution in [0.4, 0.5) is 5.69 Å². The highest BCUT2D eigenvalue weighted by atomic mass is 79.9. The molecule has 0 saturated carbocycles. The molecule has 0 amide bonds. The second-order valence-electron chi connectivity index (χ2n) is 5.30. The Morgan fingerprint density at radius 1 is 1.21 bits per heavy atom. The van der Waals surface area contributed by atoms with Gasteiger partial charge in [-0.1, -0.05) is 40.2 Å². The summed E-state index contributed by atoms with van der Waals surface area (Å²) in [6.45, 7) is 0. The smallest absolute Gasteiger partial charge is 0.269 e. The highest BCUT2D eigenvalue weighted by Gasteiger charge is 2.34. The van der Waals surface area contributed by atoms with Crippen molar-refractivity contribution in [2.75, 3.05) is 7.05 Å². The van der Waals surface area contributed by atoms with E-state index in [2.05, 4.69) is 26.6 Å². The average Bonchev–Trinajstić information content (AvgIpc) is 2.91. The first-order valence-corrected chi connectivity index (χ1v) is 8.03. The third-order valence-electron chi connectivity index (χ3n) is 3.82. The van der Waals surface area contributed by atoms with E-state index in [0.29, 0.717) is 17.0 Å². The molecule has 122 valence electrons. The zero-order valence-corrected chi connectivity index (χ0v) is 14.3. The molecule has 0 bridgehead atoms. The van der Waals surface area contributed by atoms with Gasteiger partial charge in [0.15, 0.2) is 5.78 Å². The first-order valence-electron chi connectivity index (χ1n) is 7.24. The molecular weight excluding hydrogens is 374 g/mol. The summed E-state index contributed by atoms with van der Waals surface area (Å²) in [4.78, 5) is 23.4. The summed E-state index contributed by atoms with van der Waals surface area (Å²) in [5, 5.41) is 17.1. The number of rotatable bonds is 4. The van der Waals surface area contributed by atoms with Gasteiger partial charge in [-0.05, 0) is 23.3 Å². The number of carbonyl (C=O) groups is 1. The molecule has 0 saturated heterocycles. The lowest BCUT2D eigenvalue weighted by Gasteiger charge is -2.12. The summed E-state index contributed by atoms with van der Waals surface area (Å²) < 4.78 is 0.870. The molecule has 1 aliphatic rings. The summed E-state index contributed by atoms with van der Waals surface area (Å²) in [6, 6.07) is 12.9. The van der Waals surface area contributed by atoms with E-state index in [-0.39, 0.29) is 11.5 Å². The SMILES string of the molecule is CNC1=C(c2cccc(Br)c2)C(=O)C(c2cccc([N+](=O)[O-])c2)N1. The number of nitro benzene ring substituents is 1. The molecule has 0 radical (unpaired) electrons. The van der Waals surface area contributed by atoms with Crippen molar-refractivity contribution in [3.05, 3.63) is 80.1 Å². The van der Waals surface area contributed by atoms with Gasteiger partial charge in [0.25, 0.3) is 5.69 Å². The van der Waals surface area contributed by atoms with Gasteiger partial charge in [-0.2, -0.15) is 0 Å². The monoisotopic (exact) mass is 387 g/mol. The van der Waals surface area contributed by atoms with Gasteiger partial charge in [-0.3, -0.25) is 14.9 Å². The lowest BCUT2D eigenvalue weighted by Crippen LogP contribution is -2.24. The molecule has 2 N–H and O–H groups in total. The number of nitrogens with zero attached hydrogens (tertiary/aromatic N) is 1. The van der Waals surface area contributed by atoms with Crippen molar-refractivity contribution in [3.8, 4) is 0 Å². The number of halogens is 1. The van der Waals surface area contributed by atoms with Crippen LogP contribution < -0.4 is 10.6 Å². The summed E-state index contributed by atoms with van der Waals surface area (Å²) in [7, 11) is 1.73. The minimum absolute atomic E-state index is 0.0380. The van der Waals surface area contributed by atoms with Gasteiger partial charge < -0.3 is 10.6 Å². The Kier molecular flexibility index (Phi) is 4.35. The Bertz CT molecular complexity index is 864. The lowest BCUT2D eigenvalue weighted by molar-refractivity contribution is -0.384. The normalized spacial score (nSPS) is 16.9. The van der Waals surface area contributed by atoms with E-state index < -0.39 is 11.0 Å². The van der Waals surface area contributed by atoms with Crippen LogP contribution in [0.25, 0.3) is 5.57 Å². The Morgan fingerprint density at radius 2 is 1.96 bits per heavy atom. The fourth-order valence-electron chi connectivity index (χ4n) is 2.73. The number of ketones is 1. The number of Topliss-reactive ketones (excluding diaryl/α,β-unsaturated/α-hetero) is 1. The van der Waals surface area contributed by atoms with Crippen LogP contribution in [0.15, 0.2) is 58.8 Å². The maximum atomic E-state index is 12.9. The van der Waals surface area contributed by atoms with E-state index in [0.717, 1.165) is 10.0 Å². The number of non-ortho nitro benzene ring substituents is 1. The van der Waals surface area contributed by atoms with Crippen molar-refractivity contribution in [3.63, 3.8) is 0 Å². The Morgan fingerprint density at radius 3 is 2.62 bits per heavy atom. The molecule has 0 fully saturated rings. The molecule has 0 spiro atoms. The number of nitro groups is 1. The minimum atomic E-state index is -0.652. The van der Waals surface area contributed by atoms with E-state index in [1.165, 1.54) is 12.1 Å². The van der Waals surface area contributed by atoms with E-state index >= 15 is 0 Å². The van der Waals surface area contributed by atoms with Crippen LogP contribution in [0.3, 0.4) is 0 Å². The summed E-state index contributed by atoms with van der Waals surface area (Å²) in [5.74, 6) is 0.479. The fraction of sp³-hybridized carbons (Fsp3) is 0.118. The van der Waals surface area contributed by atoms with E-state index in [1.807, 2.05) is 24.3 Å². The number of carbonyl (C=O) groups excluding carboxylic acids is 1. The number of benzene rings is 2. The first kappa shape index (κ1) is 16.2. The van der Waals surface area contributed by atoms with Gasteiger partial charge >= 0.3 is 0 Å². The molecule has 1 atom stereocenters. The molecule has 0 aromatic heterocycles. The molecule has 0 aliphatic carbocycles. The van der Waals surface area contributed by atoms with Gasteiger partial charge in [-0.15, -0.1) is 0 Å². The predicted octanol–water partition coefficient (Wildman–Crippen LogP) is 3.16. The highest BCUT2D eigenvalue weighted by molar-refractivity contribution is 9.10. The van der Waals surface area contributed by atoms with E-state index in [4.69, 9.17) is 0 Å². The molecule has 3 rings (SSSR count). The first-order chi connectivity index (χ1) is 11.5. The molecule has 1 heterocycles. The number of hydrogen-bond acceptors (Lipinski definition) is 5. The molecule has 1 unspecified atom stereocenters. The summed E-state index contributed by atoms with van der Waals surface area (Å²) in [6.07, 6.45) is 0. The standard InChI is InChI=1S/C17H14BrN3O3/c1-19-17-14(10-4-2-6-12(18)8-10)16(22)15(20-17)11-5-3-7-13(9-11)21(23)24/h2-9,15,19-20H,1H3. The third-order valence-corrected chi connectivity index (χ3v) is 4.32. The number of nitrogens with one attached hydrogen (secondary N) is 2. The quantitative estimate of drug-likeness (QED) is 0.621. The molecule has 7 heteroatoms. The van der Waals surface area contributed by atoms with E-state index in [1.54, 1.807) is 19.2 Å². The fourth-order valence-corrected chi connectivity index (χ4v) is 3.13. The van der Waals surface area contributed by atoms with Gasteiger partial charge in [-0.25, -0.2) is 0 Å². The van der Waals surface area contributed by atoms with Crippen molar-refractivity contribution in [1.29, 1.82) is 0 Å². The second-order valence-corrected chi connectivity index (χ2v) is 6.22. The Labute approximate surface area is 146 Å². The molecular formula is C17H14BrN3O3. The maximum Gasteiger partial charge on any atom is 0.269 e. The van der Waals surface area contributed by atoms with Crippen molar-refractivity contribution in [2.24, 2.45) is 0 Å². The average molecular weight is 388 g/mol. The van der Waals surface area contributed by atoms with Crippen LogP contribution in [0.5, 0.6) is 0 Å². The molecule has 24 heavy (non-hydrogen) atoms. The van der Waals surface area contributed by atoms with Crippen LogP contribution in [0, 0.1) is 10.1 Å². The summed E-state index contributed by atoms with van der Waals surface area (Å²) in [5.41, 5.74) is 1.84. The molecule has 2 aromatic rings. The van der Waals surface area contributed by atoms with Crippen LogP contribution in [-0.4, -0.2) is 17.8 Å². The number of hydrogen-bond donors (Lipinski definition) is 2. The molecule has 1 aliphatic heterocycles. The lowest BCUT2D eigenvalue weighted by atomic mass is 9.96. The topological polar surface area (TPSA) is 84.3 Å². The Hall–Kier alpha value is -2.67. The van der Waals surface area contributed by atoms with Crippen LogP contribution >= 0.6 is 15.9 Å². The van der Waals surface area contributed by atoms with Crippen LogP contribution in [0.1, 0.15) is 17.2 Å². The predicted molar refractivity (Wildman–Crippen MR) is 94.1 cm³/mol. The van der Waals surface area contributed by atoms with E-state index in [9.17, 15) is 14.9 Å². The van der Waals surface area contributed by atoms with Gasteiger partial charge in [0.2, 0.25) is 0 Å². The zero-order chi connectivity index (χ0) is 17.3. The highest BCUT2D eigenvalue weighted by Crippen LogP contribution is 2.33. The molecule has 2 aromatic carbocycles. The van der Waals surface area contributed by atoms with Crippen molar-refractivity contribution in [2.45, 2.75) is 6.04 Å². The van der Waals surface area contributed by atoms with Crippen molar-refractivity contribution < 1.29 is 9.72 Å². The van der Waals surface area contributed by atoms with Crippen LogP contribution in [-0.2, 0) is 4.79 Å². The van der Waals surface area contributed by atoms with Gasteiger partial charge in [0, 0.05) is 23.7 Å². The van der Waals surface area contributed by atoms with Crippen molar-refractivity contribution >= 4 is 33.0 Å². The maximum absolute atomic E-state index is 12.9. The minimum Gasteiger partial charge on any atom is -0.374 e. The van der Waals surface area contributed by atoms with Gasteiger partial charge in [0.05, 0.1) is 10.5 Å².